The summed E-state index contributed by atoms with van der Waals surface area (Å²) in [4.78, 5) is 18.5. The number of nitrogens with zero attached hydrogens (tertiary/aromatic N) is 2. The van der Waals surface area contributed by atoms with Crippen LogP contribution in [0, 0.1) is 12.3 Å². The van der Waals surface area contributed by atoms with Crippen molar-refractivity contribution in [3.05, 3.63) is 29.6 Å². The van der Waals surface area contributed by atoms with E-state index in [1.165, 1.54) is 0 Å². The van der Waals surface area contributed by atoms with Gasteiger partial charge in [0.1, 0.15) is 0 Å². The SMILES string of the molecule is CCCN(CC(C)(C)CN)C(=O)c1cncc(C)c1. The Morgan fingerprint density at radius 3 is 2.63 bits per heavy atom. The maximum Gasteiger partial charge on any atom is 0.255 e. The van der Waals surface area contributed by atoms with E-state index in [4.69, 9.17) is 5.73 Å². The molecule has 0 radical (unpaired) electrons. The highest BCUT2D eigenvalue weighted by atomic mass is 16.2. The minimum absolute atomic E-state index is 0.0413. The zero-order chi connectivity index (χ0) is 14.5. The smallest absolute Gasteiger partial charge is 0.255 e. The van der Waals surface area contributed by atoms with Crippen molar-refractivity contribution in [2.24, 2.45) is 11.1 Å². The van der Waals surface area contributed by atoms with Gasteiger partial charge in [-0.25, -0.2) is 0 Å². The second-order valence-corrected chi connectivity index (χ2v) is 5.85. The Balaban J connectivity index is 2.90. The van der Waals surface area contributed by atoms with Crippen molar-refractivity contribution < 1.29 is 4.79 Å². The van der Waals surface area contributed by atoms with E-state index in [2.05, 4.69) is 25.8 Å². The first-order chi connectivity index (χ1) is 8.89. The van der Waals surface area contributed by atoms with Crippen LogP contribution in [0.4, 0.5) is 0 Å². The average molecular weight is 263 g/mol. The molecule has 1 aromatic rings. The molecule has 19 heavy (non-hydrogen) atoms. The molecule has 0 aliphatic heterocycles. The number of carbonyl (C=O) groups is 1. The number of pyridine rings is 1. The number of rotatable bonds is 6. The predicted molar refractivity (Wildman–Crippen MR) is 78.0 cm³/mol. The van der Waals surface area contributed by atoms with Gasteiger partial charge in [-0.1, -0.05) is 20.8 Å². The lowest BCUT2D eigenvalue weighted by Gasteiger charge is -2.31. The number of aryl methyl sites for hydroxylation is 1. The van der Waals surface area contributed by atoms with Crippen molar-refractivity contribution in [1.29, 1.82) is 0 Å². The molecule has 0 saturated heterocycles. The van der Waals surface area contributed by atoms with Crippen LogP contribution in [0.1, 0.15) is 43.1 Å². The summed E-state index contributed by atoms with van der Waals surface area (Å²) in [5.74, 6) is 0.0413. The molecule has 1 aromatic heterocycles. The Bertz CT molecular complexity index is 429. The fraction of sp³-hybridized carbons (Fsp3) is 0.600. The summed E-state index contributed by atoms with van der Waals surface area (Å²) >= 11 is 0. The molecule has 2 N–H and O–H groups in total. The van der Waals surface area contributed by atoms with E-state index in [1.54, 1.807) is 12.4 Å². The van der Waals surface area contributed by atoms with Crippen LogP contribution >= 0.6 is 0 Å². The van der Waals surface area contributed by atoms with Gasteiger partial charge in [0.25, 0.3) is 5.91 Å². The molecule has 0 aliphatic rings. The molecule has 4 nitrogen and oxygen atoms in total. The molecular weight excluding hydrogens is 238 g/mol. The lowest BCUT2D eigenvalue weighted by molar-refractivity contribution is 0.0689. The van der Waals surface area contributed by atoms with E-state index in [0.29, 0.717) is 18.7 Å². The molecule has 1 amide bonds. The summed E-state index contributed by atoms with van der Waals surface area (Å²) in [5, 5.41) is 0. The number of hydrogen-bond acceptors (Lipinski definition) is 3. The molecule has 0 bridgehead atoms. The van der Waals surface area contributed by atoms with Gasteiger partial charge in [-0.2, -0.15) is 0 Å². The Morgan fingerprint density at radius 1 is 1.42 bits per heavy atom. The summed E-state index contributed by atoms with van der Waals surface area (Å²) in [6.07, 6.45) is 4.32. The number of carbonyl (C=O) groups excluding carboxylic acids is 1. The van der Waals surface area contributed by atoms with Crippen LogP contribution in [0.2, 0.25) is 0 Å². The molecule has 4 heteroatoms. The van der Waals surface area contributed by atoms with E-state index in [1.807, 2.05) is 17.9 Å². The van der Waals surface area contributed by atoms with Gasteiger partial charge in [-0.15, -0.1) is 0 Å². The Hall–Kier alpha value is -1.42. The van der Waals surface area contributed by atoms with Crippen LogP contribution < -0.4 is 5.73 Å². The molecular formula is C15H25N3O. The van der Waals surface area contributed by atoms with Crippen LogP contribution in [0.3, 0.4) is 0 Å². The summed E-state index contributed by atoms with van der Waals surface area (Å²) in [6.45, 7) is 10.2. The Kier molecular flexibility index (Phi) is 5.48. The average Bonchev–Trinajstić information content (AvgIpc) is 2.37. The second kappa shape index (κ2) is 6.66. The molecule has 1 heterocycles. The van der Waals surface area contributed by atoms with E-state index < -0.39 is 0 Å². The zero-order valence-electron chi connectivity index (χ0n) is 12.4. The molecule has 106 valence electrons. The number of amides is 1. The van der Waals surface area contributed by atoms with Gasteiger partial charge in [0, 0.05) is 25.5 Å². The largest absolute Gasteiger partial charge is 0.338 e. The normalized spacial score (nSPS) is 11.4. The van der Waals surface area contributed by atoms with Gasteiger partial charge in [0.2, 0.25) is 0 Å². The van der Waals surface area contributed by atoms with Gasteiger partial charge in [-0.05, 0) is 36.9 Å². The molecule has 0 spiro atoms. The van der Waals surface area contributed by atoms with E-state index in [9.17, 15) is 4.79 Å². The van der Waals surface area contributed by atoms with Crippen molar-refractivity contribution in [2.75, 3.05) is 19.6 Å². The second-order valence-electron chi connectivity index (χ2n) is 5.85. The van der Waals surface area contributed by atoms with Crippen molar-refractivity contribution >= 4 is 5.91 Å². The van der Waals surface area contributed by atoms with Crippen molar-refractivity contribution in [3.8, 4) is 0 Å². The van der Waals surface area contributed by atoms with Crippen LogP contribution in [0.15, 0.2) is 18.5 Å². The topological polar surface area (TPSA) is 59.2 Å². The third-order valence-electron chi connectivity index (χ3n) is 3.07. The minimum atomic E-state index is -0.0674. The molecule has 0 saturated carbocycles. The lowest BCUT2D eigenvalue weighted by Crippen LogP contribution is -2.42. The summed E-state index contributed by atoms with van der Waals surface area (Å²) < 4.78 is 0. The maximum atomic E-state index is 12.5. The summed E-state index contributed by atoms with van der Waals surface area (Å²) in [6, 6.07) is 1.88. The fourth-order valence-corrected chi connectivity index (χ4v) is 1.96. The quantitative estimate of drug-likeness (QED) is 0.856. The number of nitrogens with two attached hydrogens (primary N) is 1. The van der Waals surface area contributed by atoms with Crippen molar-refractivity contribution in [1.82, 2.24) is 9.88 Å². The standard InChI is InChI=1S/C15H25N3O/c1-5-6-18(11-15(3,4)10-16)14(19)13-7-12(2)8-17-9-13/h7-9H,5-6,10-11,16H2,1-4H3. The van der Waals surface area contributed by atoms with Gasteiger partial charge in [0.05, 0.1) is 5.56 Å². The molecule has 0 atom stereocenters. The molecule has 0 aliphatic carbocycles. The first-order valence-electron chi connectivity index (χ1n) is 6.80. The van der Waals surface area contributed by atoms with Crippen LogP contribution in [0.25, 0.3) is 0 Å². The molecule has 0 unspecified atom stereocenters. The summed E-state index contributed by atoms with van der Waals surface area (Å²) in [5.41, 5.74) is 7.35. The molecule has 0 aromatic carbocycles. The Morgan fingerprint density at radius 2 is 2.11 bits per heavy atom. The van der Waals surface area contributed by atoms with Gasteiger partial charge in [0.15, 0.2) is 0 Å². The highest BCUT2D eigenvalue weighted by Gasteiger charge is 2.24. The van der Waals surface area contributed by atoms with Gasteiger partial charge < -0.3 is 10.6 Å². The van der Waals surface area contributed by atoms with Gasteiger partial charge >= 0.3 is 0 Å². The highest BCUT2D eigenvalue weighted by molar-refractivity contribution is 5.94. The van der Waals surface area contributed by atoms with E-state index >= 15 is 0 Å². The van der Waals surface area contributed by atoms with Crippen LogP contribution in [-0.4, -0.2) is 35.4 Å². The maximum absolute atomic E-state index is 12.5. The molecule has 1 rings (SSSR count). The zero-order valence-corrected chi connectivity index (χ0v) is 12.4. The fourth-order valence-electron chi connectivity index (χ4n) is 1.96. The molecule has 0 fully saturated rings. The number of aromatic nitrogens is 1. The third-order valence-corrected chi connectivity index (χ3v) is 3.07. The predicted octanol–water partition coefficient (Wildman–Crippen LogP) is 2.23. The van der Waals surface area contributed by atoms with Crippen LogP contribution in [0.5, 0.6) is 0 Å². The minimum Gasteiger partial charge on any atom is -0.338 e. The highest BCUT2D eigenvalue weighted by Crippen LogP contribution is 2.17. The van der Waals surface area contributed by atoms with E-state index in [0.717, 1.165) is 18.5 Å². The van der Waals surface area contributed by atoms with Crippen LogP contribution in [-0.2, 0) is 0 Å². The summed E-state index contributed by atoms with van der Waals surface area (Å²) in [7, 11) is 0. The van der Waals surface area contributed by atoms with Crippen molar-refractivity contribution in [3.63, 3.8) is 0 Å². The van der Waals surface area contributed by atoms with E-state index in [-0.39, 0.29) is 11.3 Å². The first-order valence-corrected chi connectivity index (χ1v) is 6.80. The van der Waals surface area contributed by atoms with Gasteiger partial charge in [-0.3, -0.25) is 9.78 Å². The van der Waals surface area contributed by atoms with Crippen molar-refractivity contribution in [2.45, 2.75) is 34.1 Å². The monoisotopic (exact) mass is 263 g/mol. The lowest BCUT2D eigenvalue weighted by atomic mass is 9.92. The third kappa shape index (κ3) is 4.63. The first kappa shape index (κ1) is 15.6. The Labute approximate surface area is 116 Å². The number of hydrogen-bond donors (Lipinski definition) is 1.